The van der Waals surface area contributed by atoms with Gasteiger partial charge in [0.25, 0.3) is 0 Å². The molecule has 2 heterocycles. The first kappa shape index (κ1) is 8.49. The predicted octanol–water partition coefficient (Wildman–Crippen LogP) is 2.58. The highest BCUT2D eigenvalue weighted by Gasteiger charge is 2.28. The van der Waals surface area contributed by atoms with Gasteiger partial charge < -0.3 is 0 Å². The maximum atomic E-state index is 2.64. The summed E-state index contributed by atoms with van der Waals surface area (Å²) < 4.78 is 0. The highest BCUT2D eigenvalue weighted by atomic mass is 15.2. The zero-order chi connectivity index (χ0) is 9.38. The molecule has 0 unspecified atom stereocenters. The number of hydrogen-bond donors (Lipinski definition) is 0. The molecule has 3 rings (SSSR count). The van der Waals surface area contributed by atoms with Crippen molar-refractivity contribution in [3.8, 4) is 0 Å². The van der Waals surface area contributed by atoms with E-state index in [9.17, 15) is 0 Å². The van der Waals surface area contributed by atoms with E-state index in [1.807, 2.05) is 0 Å². The van der Waals surface area contributed by atoms with Crippen LogP contribution >= 0.6 is 0 Å². The molecule has 0 saturated carbocycles. The van der Waals surface area contributed by atoms with Crippen molar-refractivity contribution < 1.29 is 0 Å². The average molecular weight is 186 g/mol. The van der Waals surface area contributed by atoms with Gasteiger partial charge in [0.15, 0.2) is 0 Å². The summed E-state index contributed by atoms with van der Waals surface area (Å²) in [6.45, 7) is 2.52. The van der Waals surface area contributed by atoms with E-state index in [0.29, 0.717) is 6.04 Å². The van der Waals surface area contributed by atoms with Crippen LogP contribution in [0.2, 0.25) is 0 Å². The Balaban J connectivity index is 1.99. The van der Waals surface area contributed by atoms with Gasteiger partial charge in [-0.2, -0.15) is 0 Å². The lowest BCUT2D eigenvalue weighted by atomic mass is 9.87. The Kier molecular flexibility index (Phi) is 2.06. The Bertz CT molecular complexity index is 332. The fourth-order valence-corrected chi connectivity index (χ4v) is 2.78. The summed E-state index contributed by atoms with van der Waals surface area (Å²) in [5.74, 6) is 0. The smallest absolute Gasteiger partial charge is 0.0353 e. The number of piperidine rings is 1. The summed E-state index contributed by atoms with van der Waals surface area (Å²) >= 11 is 0. The quantitative estimate of drug-likeness (QED) is 0.602. The lowest BCUT2D eigenvalue weighted by molar-refractivity contribution is 0.161. The monoisotopic (exact) mass is 186 g/mol. The van der Waals surface area contributed by atoms with Crippen LogP contribution in [-0.2, 0) is 6.42 Å². The number of nitrogens with zero attached hydrogens (tertiary/aromatic N) is 1. The molecule has 1 aromatic rings. The molecule has 0 N–H and O–H groups in total. The fourth-order valence-electron chi connectivity index (χ4n) is 2.78. The van der Waals surface area contributed by atoms with Crippen LogP contribution in [0.4, 0.5) is 0 Å². The normalized spacial score (nSPS) is 26.7. The van der Waals surface area contributed by atoms with Crippen LogP contribution in [0.3, 0.4) is 0 Å². The van der Waals surface area contributed by atoms with E-state index >= 15 is 0 Å². The van der Waals surface area contributed by atoms with E-state index in [1.165, 1.54) is 32.4 Å². The van der Waals surface area contributed by atoms with E-state index in [-0.39, 0.29) is 0 Å². The van der Waals surface area contributed by atoms with Gasteiger partial charge in [-0.1, -0.05) is 24.3 Å². The maximum Gasteiger partial charge on any atom is 0.0353 e. The van der Waals surface area contributed by atoms with Crippen molar-refractivity contribution in [2.45, 2.75) is 25.3 Å². The molecular formula is C13H16N. The van der Waals surface area contributed by atoms with Gasteiger partial charge in [0, 0.05) is 12.6 Å². The molecule has 2 aliphatic rings. The minimum atomic E-state index is 0.689. The number of rotatable bonds is 0. The Hall–Kier alpha value is -0.820. The van der Waals surface area contributed by atoms with Crippen molar-refractivity contribution in [3.63, 3.8) is 0 Å². The van der Waals surface area contributed by atoms with E-state index in [1.54, 1.807) is 11.1 Å². The van der Waals surface area contributed by atoms with Crippen molar-refractivity contribution in [1.29, 1.82) is 0 Å². The van der Waals surface area contributed by atoms with Crippen LogP contribution in [0.5, 0.6) is 0 Å². The topological polar surface area (TPSA) is 3.24 Å². The molecule has 0 aliphatic carbocycles. The predicted molar refractivity (Wildman–Crippen MR) is 58.0 cm³/mol. The molecule has 1 saturated heterocycles. The molecule has 1 heteroatoms. The molecule has 1 fully saturated rings. The molecule has 0 aromatic heterocycles. The fraction of sp³-hybridized carbons (Fsp3) is 0.462. The third kappa shape index (κ3) is 1.27. The molecule has 2 aliphatic heterocycles. The summed E-state index contributed by atoms with van der Waals surface area (Å²) in [7, 11) is 0. The Labute approximate surface area is 85.7 Å². The van der Waals surface area contributed by atoms with Crippen LogP contribution in [0.1, 0.15) is 30.0 Å². The number of benzene rings is 1. The van der Waals surface area contributed by atoms with Crippen molar-refractivity contribution in [2.24, 2.45) is 0 Å². The second-order valence-electron chi connectivity index (χ2n) is 4.31. The zero-order valence-electron chi connectivity index (χ0n) is 8.45. The van der Waals surface area contributed by atoms with Gasteiger partial charge in [-0.25, -0.2) is 0 Å². The molecular weight excluding hydrogens is 170 g/mol. The first-order valence-corrected chi connectivity index (χ1v) is 5.58. The second kappa shape index (κ2) is 3.39. The van der Waals surface area contributed by atoms with Crippen LogP contribution in [0.25, 0.3) is 0 Å². The minimum Gasteiger partial charge on any atom is -0.296 e. The molecule has 1 atom stereocenters. The van der Waals surface area contributed by atoms with Crippen LogP contribution in [0.15, 0.2) is 24.3 Å². The summed E-state index contributed by atoms with van der Waals surface area (Å²) in [6.07, 6.45) is 6.21. The zero-order valence-corrected chi connectivity index (χ0v) is 8.45. The van der Waals surface area contributed by atoms with Crippen molar-refractivity contribution in [2.75, 3.05) is 13.1 Å². The minimum absolute atomic E-state index is 0.689. The first-order valence-electron chi connectivity index (χ1n) is 5.58. The molecule has 14 heavy (non-hydrogen) atoms. The van der Waals surface area contributed by atoms with E-state index in [2.05, 4.69) is 35.6 Å². The van der Waals surface area contributed by atoms with Gasteiger partial charge in [0.2, 0.25) is 0 Å². The van der Waals surface area contributed by atoms with E-state index < -0.39 is 0 Å². The van der Waals surface area contributed by atoms with Crippen molar-refractivity contribution >= 4 is 0 Å². The van der Waals surface area contributed by atoms with Gasteiger partial charge in [-0.3, -0.25) is 4.90 Å². The summed E-state index contributed by atoms with van der Waals surface area (Å²) in [6, 6.07) is 9.64. The lowest BCUT2D eigenvalue weighted by Crippen LogP contribution is -2.38. The van der Waals surface area contributed by atoms with Crippen LogP contribution in [0, 0.1) is 6.42 Å². The summed E-state index contributed by atoms with van der Waals surface area (Å²) in [5.41, 5.74) is 3.15. The summed E-state index contributed by atoms with van der Waals surface area (Å²) in [5, 5.41) is 0. The van der Waals surface area contributed by atoms with Gasteiger partial charge >= 0.3 is 0 Å². The van der Waals surface area contributed by atoms with Crippen molar-refractivity contribution in [3.05, 3.63) is 41.8 Å². The lowest BCUT2D eigenvalue weighted by Gasteiger charge is -2.40. The molecule has 0 bridgehead atoms. The Morgan fingerprint density at radius 2 is 2.07 bits per heavy atom. The third-order valence-electron chi connectivity index (χ3n) is 3.53. The SMILES string of the molecule is [CH]1CCN2CCc3ccccc3[C@@H]2C1. The van der Waals surface area contributed by atoms with Gasteiger partial charge in [0.1, 0.15) is 0 Å². The molecule has 1 nitrogen and oxygen atoms in total. The van der Waals surface area contributed by atoms with Gasteiger partial charge in [0.05, 0.1) is 0 Å². The van der Waals surface area contributed by atoms with E-state index in [4.69, 9.17) is 0 Å². The van der Waals surface area contributed by atoms with Crippen LogP contribution in [-0.4, -0.2) is 18.0 Å². The van der Waals surface area contributed by atoms with Crippen molar-refractivity contribution in [1.82, 2.24) is 4.90 Å². The van der Waals surface area contributed by atoms with Crippen LogP contribution < -0.4 is 0 Å². The highest BCUT2D eigenvalue weighted by Crippen LogP contribution is 2.35. The van der Waals surface area contributed by atoms with Gasteiger partial charge in [-0.15, -0.1) is 0 Å². The van der Waals surface area contributed by atoms with Gasteiger partial charge in [-0.05, 0) is 43.4 Å². The molecule has 0 amide bonds. The number of hydrogen-bond acceptors (Lipinski definition) is 1. The number of fused-ring (bicyclic) bond motifs is 3. The molecule has 0 spiro atoms. The summed E-state index contributed by atoms with van der Waals surface area (Å²) in [4.78, 5) is 2.64. The standard InChI is InChI=1S/C13H16N/c1-2-6-12-11(5-1)8-10-14-9-4-3-7-13(12)14/h1-3,5-6,13H,4,7-10H2/t13-/m0/s1. The Morgan fingerprint density at radius 3 is 3.07 bits per heavy atom. The third-order valence-corrected chi connectivity index (χ3v) is 3.53. The van der Waals surface area contributed by atoms with E-state index in [0.717, 1.165) is 0 Å². The highest BCUT2D eigenvalue weighted by molar-refractivity contribution is 5.33. The average Bonchev–Trinajstić information content (AvgIpc) is 2.29. The molecule has 1 aromatic carbocycles. The molecule has 1 radical (unpaired) electrons. The first-order chi connectivity index (χ1) is 6.95. The largest absolute Gasteiger partial charge is 0.296 e. The molecule has 73 valence electrons. The second-order valence-corrected chi connectivity index (χ2v) is 4.31. The Morgan fingerprint density at radius 1 is 1.14 bits per heavy atom. The maximum absolute atomic E-state index is 2.64.